The molecule has 6 nitrogen and oxygen atoms in total. The van der Waals surface area contributed by atoms with Gasteiger partial charge in [0.2, 0.25) is 0 Å². The van der Waals surface area contributed by atoms with Crippen molar-refractivity contribution in [3.63, 3.8) is 0 Å². The molecule has 0 aromatic rings. The van der Waals surface area contributed by atoms with Crippen LogP contribution in [0.5, 0.6) is 0 Å². The molecule has 2 radical (unpaired) electrons. The Morgan fingerprint density at radius 1 is 1.14 bits per heavy atom. The first-order valence-electron chi connectivity index (χ1n) is 6.55. The van der Waals surface area contributed by atoms with E-state index >= 15 is 0 Å². The lowest BCUT2D eigenvalue weighted by atomic mass is 9.85. The maximum absolute atomic E-state index is 13.7. The molecule has 13 heteroatoms. The van der Waals surface area contributed by atoms with Gasteiger partial charge in [-0.25, -0.2) is 8.88 Å². The molecule has 0 bridgehead atoms. The second kappa shape index (κ2) is 7.54. The number of rotatable bonds is 8. The molecule has 1 rings (SSSR count). The van der Waals surface area contributed by atoms with E-state index in [1.54, 1.807) is 0 Å². The molecule has 1 aliphatic carbocycles. The van der Waals surface area contributed by atoms with Crippen LogP contribution in [0.2, 0.25) is 5.82 Å². The summed E-state index contributed by atoms with van der Waals surface area (Å²) in [5.74, 6) is -2.06. The molecule has 0 aromatic heterocycles. The largest absolute Gasteiger partial charge is 0.517 e. The third-order valence-electron chi connectivity index (χ3n) is 3.44. The molecule has 0 spiro atoms. The van der Waals surface area contributed by atoms with Crippen molar-refractivity contribution >= 4 is 31.1 Å². The van der Waals surface area contributed by atoms with Gasteiger partial charge in [0.1, 0.15) is 0 Å². The number of hydrogen-bond acceptors (Lipinski definition) is 5. The van der Waals surface area contributed by atoms with Gasteiger partial charge in [0, 0.05) is 0 Å². The second-order valence-electron chi connectivity index (χ2n) is 5.31. The maximum atomic E-state index is 13.7. The van der Waals surface area contributed by atoms with Crippen LogP contribution in [0.1, 0.15) is 26.2 Å². The monoisotopic (exact) mass is 382 g/mol. The number of halogens is 3. The van der Waals surface area contributed by atoms with Gasteiger partial charge in [0.05, 0.1) is 14.5 Å². The molecule has 0 aromatic carbocycles. The van der Waals surface area contributed by atoms with Crippen molar-refractivity contribution < 1.29 is 40.0 Å². The van der Waals surface area contributed by atoms with E-state index in [1.165, 1.54) is 0 Å². The van der Waals surface area contributed by atoms with Gasteiger partial charge in [-0.15, -0.1) is 4.20 Å². The van der Waals surface area contributed by atoms with Crippen LogP contribution in [-0.4, -0.2) is 25.2 Å². The van der Waals surface area contributed by atoms with Crippen molar-refractivity contribution in [2.24, 2.45) is 11.8 Å². The first kappa shape index (κ1) is 20.5. The molecule has 0 amide bonds. The summed E-state index contributed by atoms with van der Waals surface area (Å²) in [5, 5.41) is 0. The topological polar surface area (TPSA) is 89.9 Å². The Morgan fingerprint density at radius 2 is 1.68 bits per heavy atom. The van der Waals surface area contributed by atoms with Crippen LogP contribution in [0.15, 0.2) is 0 Å². The fourth-order valence-corrected chi connectivity index (χ4v) is 6.82. The van der Waals surface area contributed by atoms with E-state index in [0.717, 1.165) is 6.42 Å². The molecule has 1 saturated carbocycles. The molecule has 0 heterocycles. The van der Waals surface area contributed by atoms with E-state index in [0.29, 0.717) is 12.8 Å². The average Bonchev–Trinajstić information content (AvgIpc) is 2.62. The van der Waals surface area contributed by atoms with Crippen molar-refractivity contribution in [1.29, 1.82) is 0 Å². The van der Waals surface area contributed by atoms with Gasteiger partial charge < -0.3 is 4.52 Å². The smallest absolute Gasteiger partial charge is 0.305 e. The van der Waals surface area contributed by atoms with Crippen LogP contribution < -0.4 is 0 Å². The van der Waals surface area contributed by atoms with E-state index < -0.39 is 29.2 Å². The van der Waals surface area contributed by atoms with Crippen molar-refractivity contribution in [3.8, 4) is 0 Å². The molecule has 1 N–H and O–H groups in total. The molecule has 1 aliphatic rings. The molecule has 128 valence electrons. The predicted octanol–water partition coefficient (Wildman–Crippen LogP) is 4.77. The van der Waals surface area contributed by atoms with Crippen LogP contribution >= 0.6 is 23.3 Å². The van der Waals surface area contributed by atoms with Crippen LogP contribution in [-0.2, 0) is 22.5 Å². The minimum Gasteiger partial charge on any atom is -0.305 e. The molecule has 0 aliphatic heterocycles. The third kappa shape index (κ3) is 7.33. The molecular formula is C9H17BF3O6P3. The van der Waals surface area contributed by atoms with Gasteiger partial charge in [-0.1, -0.05) is 32.0 Å². The Morgan fingerprint density at radius 3 is 2.18 bits per heavy atom. The quantitative estimate of drug-likeness (QED) is 0.481. The van der Waals surface area contributed by atoms with Gasteiger partial charge in [0.15, 0.2) is 5.90 Å². The molecule has 22 heavy (non-hydrogen) atoms. The van der Waals surface area contributed by atoms with Gasteiger partial charge in [0.25, 0.3) is 0 Å². The molecular weight excluding hydrogens is 365 g/mol. The lowest BCUT2D eigenvalue weighted by Crippen LogP contribution is -2.13. The Kier molecular flexibility index (Phi) is 7.02. The van der Waals surface area contributed by atoms with E-state index in [9.17, 15) is 26.3 Å². The minimum absolute atomic E-state index is 0.0973. The predicted molar refractivity (Wildman–Crippen MR) is 76.3 cm³/mol. The Bertz CT molecular complexity index is 529. The van der Waals surface area contributed by atoms with Crippen molar-refractivity contribution in [1.82, 2.24) is 0 Å². The zero-order chi connectivity index (χ0) is 17.2. The summed E-state index contributed by atoms with van der Waals surface area (Å²) in [6.45, 7) is 1.57. The van der Waals surface area contributed by atoms with Gasteiger partial charge in [-0.2, -0.15) is 8.39 Å². The molecule has 1 fully saturated rings. The first-order valence-corrected chi connectivity index (χ1v) is 11.4. The number of hydrogen-bond donors (Lipinski definition) is 1. The highest BCUT2D eigenvalue weighted by Crippen LogP contribution is 2.71. The van der Waals surface area contributed by atoms with E-state index in [2.05, 4.69) is 8.83 Å². The minimum atomic E-state index is -5.93. The Balaban J connectivity index is 2.59. The summed E-state index contributed by atoms with van der Waals surface area (Å²) in [4.78, 5) is 8.14. The van der Waals surface area contributed by atoms with Crippen molar-refractivity contribution in [2.45, 2.75) is 32.0 Å². The normalized spacial score (nSPS) is 33.8. The highest BCUT2D eigenvalue weighted by Gasteiger charge is 2.43. The molecule has 0 saturated heterocycles. The summed E-state index contributed by atoms with van der Waals surface area (Å²) in [6.07, 6.45) is 1.96. The summed E-state index contributed by atoms with van der Waals surface area (Å²) >= 11 is 0. The second-order valence-corrected chi connectivity index (χ2v) is 10.6. The zero-order valence-corrected chi connectivity index (χ0v) is 14.5. The summed E-state index contributed by atoms with van der Waals surface area (Å²) in [6, 6.07) is 0. The Labute approximate surface area is 128 Å². The lowest BCUT2D eigenvalue weighted by molar-refractivity contribution is 0.201. The van der Waals surface area contributed by atoms with Crippen molar-refractivity contribution in [3.05, 3.63) is 0 Å². The zero-order valence-electron chi connectivity index (χ0n) is 11.8. The maximum Gasteiger partial charge on any atom is 0.517 e. The third-order valence-corrected chi connectivity index (χ3v) is 8.46. The van der Waals surface area contributed by atoms with Crippen molar-refractivity contribution in [2.75, 3.05) is 12.5 Å². The van der Waals surface area contributed by atoms with Crippen LogP contribution in [0.3, 0.4) is 0 Å². The highest BCUT2D eigenvalue weighted by molar-refractivity contribution is 7.74. The molecule has 6 atom stereocenters. The standard InChI is InChI=1S/C9H17BF3O6P3/c1-2-7-3-9(10)4-8(7)5-18-20(11,14)6-21(12,15)19-22(13,16)17/h7-9H,2-6H2,1H3,(H,16,17)/t7-,8-,9+,20?,21?/m1/s1. The summed E-state index contributed by atoms with van der Waals surface area (Å²) < 4.78 is 79.4. The van der Waals surface area contributed by atoms with Crippen LogP contribution in [0, 0.1) is 11.8 Å². The highest BCUT2D eigenvalue weighted by atomic mass is 31.3. The Hall–Kier alpha value is 0.425. The molecule has 3 unspecified atom stereocenters. The fourth-order valence-electron chi connectivity index (χ4n) is 2.59. The van der Waals surface area contributed by atoms with E-state index in [-0.39, 0.29) is 24.3 Å². The summed E-state index contributed by atoms with van der Waals surface area (Å²) in [5.41, 5.74) is 0. The van der Waals surface area contributed by atoms with E-state index in [4.69, 9.17) is 12.7 Å². The lowest BCUT2D eigenvalue weighted by Gasteiger charge is -2.19. The van der Waals surface area contributed by atoms with Crippen LogP contribution in [0.4, 0.5) is 12.6 Å². The average molecular weight is 382 g/mol. The van der Waals surface area contributed by atoms with Gasteiger partial charge in [-0.05, 0) is 11.8 Å². The fraction of sp³-hybridized carbons (Fsp3) is 1.00. The SMILES string of the molecule is [B][C@H]1C[C@@H](CC)[C@@H](COP(=O)(F)CP(=O)(F)OP(=O)(O)F)C1. The summed E-state index contributed by atoms with van der Waals surface area (Å²) in [7, 11) is -11.1. The first-order chi connectivity index (χ1) is 9.84. The van der Waals surface area contributed by atoms with E-state index in [1.807, 2.05) is 6.92 Å². The van der Waals surface area contributed by atoms with Crippen LogP contribution in [0.25, 0.3) is 0 Å². The van der Waals surface area contributed by atoms with Gasteiger partial charge in [-0.3, -0.25) is 14.0 Å². The van der Waals surface area contributed by atoms with Gasteiger partial charge >= 0.3 is 23.3 Å².